The smallest absolute Gasteiger partial charge is 0.296 e. The molecule has 0 bridgehead atoms. The normalized spacial score (nSPS) is 16.1. The first kappa shape index (κ1) is 42.1. The van der Waals surface area contributed by atoms with E-state index in [0.29, 0.717) is 11.1 Å². The highest BCUT2D eigenvalue weighted by Gasteiger charge is 2.37. The van der Waals surface area contributed by atoms with Gasteiger partial charge < -0.3 is 11.5 Å². The van der Waals surface area contributed by atoms with Gasteiger partial charge in [-0.1, -0.05) is 35.3 Å². The van der Waals surface area contributed by atoms with Crippen LogP contribution in [0.1, 0.15) is 31.8 Å². The first-order valence-corrected chi connectivity index (χ1v) is 21.8. The third kappa shape index (κ3) is 8.23. The molecule has 10 N–H and O–H groups in total. The molecule has 2 aliphatic rings. The summed E-state index contributed by atoms with van der Waals surface area (Å²) < 4.78 is 134. The Bertz CT molecular complexity index is 2940. The number of nitrogens with zero attached hydrogens (tertiary/aromatic N) is 2. The van der Waals surface area contributed by atoms with Crippen LogP contribution in [-0.4, -0.2) is 74.9 Å². The summed E-state index contributed by atoms with van der Waals surface area (Å²) in [7, 11) is -19.9. The van der Waals surface area contributed by atoms with Gasteiger partial charge in [-0.15, -0.1) is 0 Å². The molecule has 58 heavy (non-hydrogen) atoms. The maximum absolute atomic E-state index is 13.4. The van der Waals surface area contributed by atoms with E-state index in [-0.39, 0.29) is 43.7 Å². The van der Waals surface area contributed by atoms with Crippen molar-refractivity contribution in [1.29, 1.82) is 0 Å². The number of halogens is 2. The lowest BCUT2D eigenvalue weighted by Gasteiger charge is -2.19. The lowest BCUT2D eigenvalue weighted by molar-refractivity contribution is 0.105. The molecule has 0 amide bonds. The van der Waals surface area contributed by atoms with E-state index in [1.165, 1.54) is 36.4 Å². The van der Waals surface area contributed by atoms with Gasteiger partial charge in [0.05, 0.1) is 42.3 Å². The number of benzene rings is 4. The predicted octanol–water partition coefficient (Wildman–Crippen LogP) is 4.10. The fraction of sp³-hybridized carbons (Fsp3) is 0. The molecule has 0 heterocycles. The van der Waals surface area contributed by atoms with Crippen molar-refractivity contribution in [2.24, 2.45) is 10.2 Å². The lowest BCUT2D eigenvalue weighted by Crippen LogP contribution is -2.28. The van der Waals surface area contributed by atoms with Crippen molar-refractivity contribution >= 4 is 122 Å². The Labute approximate surface area is 337 Å². The number of anilines is 4. The lowest BCUT2D eigenvalue weighted by atomic mass is 9.93. The molecule has 0 radical (unpaired) electrons. The van der Waals surface area contributed by atoms with E-state index < -0.39 is 94.4 Å². The third-order valence-corrected chi connectivity index (χ3v) is 12.3. The first-order chi connectivity index (χ1) is 26.8. The largest absolute Gasteiger partial charge is 0.398 e. The number of allylic oxidation sites excluding steroid dienone is 2. The Morgan fingerprint density at radius 3 is 1.16 bits per heavy atom. The van der Waals surface area contributed by atoms with Gasteiger partial charge in [0.15, 0.2) is 11.4 Å². The molecule has 0 unspecified atom stereocenters. The molecule has 0 spiro atoms. The van der Waals surface area contributed by atoms with E-state index in [2.05, 4.69) is 21.1 Å². The number of nitrogen functional groups attached to an aromatic ring is 2. The van der Waals surface area contributed by atoms with Crippen molar-refractivity contribution in [3.05, 3.63) is 103 Å². The fourth-order valence-electron chi connectivity index (χ4n) is 5.66. The van der Waals surface area contributed by atoms with Crippen molar-refractivity contribution in [2.75, 3.05) is 22.3 Å². The van der Waals surface area contributed by atoms with Crippen LogP contribution in [0.15, 0.2) is 90.5 Å². The topological polar surface area (TPSA) is 352 Å². The van der Waals surface area contributed by atoms with Crippen LogP contribution in [0.3, 0.4) is 0 Å². The van der Waals surface area contributed by atoms with E-state index in [1.807, 2.05) is 0 Å². The number of nitrogens with one attached hydrogen (secondary N) is 2. The summed E-state index contributed by atoms with van der Waals surface area (Å²) >= 11 is 12.9. The summed E-state index contributed by atoms with van der Waals surface area (Å²) in [6.07, 6.45) is 1.49. The Kier molecular flexibility index (Phi) is 10.7. The van der Waals surface area contributed by atoms with Gasteiger partial charge >= 0.3 is 0 Å². The zero-order chi connectivity index (χ0) is 42.9. The molecule has 0 saturated carbocycles. The first-order valence-electron chi connectivity index (χ1n) is 15.3. The Morgan fingerprint density at radius 2 is 0.862 bits per heavy atom. The number of carbonyl (C=O) groups excluding carboxylic acids is 2. The van der Waals surface area contributed by atoms with Crippen LogP contribution in [0.2, 0.25) is 10.0 Å². The summed E-state index contributed by atoms with van der Waals surface area (Å²) in [6, 6.07) is 11.7. The van der Waals surface area contributed by atoms with Gasteiger partial charge in [0.2, 0.25) is 11.6 Å². The molecule has 0 aliphatic heterocycles. The Balaban J connectivity index is 1.27. The average Bonchev–Trinajstić information content (AvgIpc) is 3.09. The molecule has 2 aliphatic carbocycles. The summed E-state index contributed by atoms with van der Waals surface area (Å²) in [5, 5.41) is 7.60. The minimum atomic E-state index is -5.15. The van der Waals surface area contributed by atoms with Crippen LogP contribution in [0.25, 0.3) is 23.3 Å². The molecule has 6 rings (SSSR count). The van der Waals surface area contributed by atoms with Crippen LogP contribution >= 0.6 is 23.2 Å². The monoisotopic (exact) mass is 912 g/mol. The number of hydrogen-bond acceptors (Lipinski definition) is 16. The maximum atomic E-state index is 13.4. The molecule has 302 valence electrons. The second-order valence-corrected chi connectivity index (χ2v) is 18.5. The van der Waals surface area contributed by atoms with Crippen LogP contribution in [-0.2, 0) is 40.5 Å². The number of carbonyl (C=O) groups is 2. The highest BCUT2D eigenvalue weighted by Crippen LogP contribution is 2.36. The van der Waals surface area contributed by atoms with E-state index >= 15 is 0 Å². The van der Waals surface area contributed by atoms with Crippen molar-refractivity contribution < 1.29 is 61.5 Å². The molecule has 26 heteroatoms. The van der Waals surface area contributed by atoms with Crippen LogP contribution in [0.4, 0.5) is 22.7 Å². The number of Topliss-reactive ketones (excluding diaryl/α,β-unsaturated/α-hetero) is 2. The SMILES string of the molecule is Nc1cc(S(=O)(=O)O)cc2c1C(=O)/C(=N/Nc1ccc(-c3ccc(N/N=C4/C(=O)c5c(N)cc(S(=O)(=O)O)cc5C=C4S(=O)(=O)O)c(Cl)c3)cc1Cl)C(S(=O)(=O)O)=C2. The van der Waals surface area contributed by atoms with Crippen molar-refractivity contribution in [2.45, 2.75) is 9.79 Å². The quantitative estimate of drug-likeness (QED) is 0.0665. The standard InChI is InChI=1S/C32H22Cl2N6O14S4/c33-19-7-13(1-3-23(19)37-39-29-25(57(49,50)51)9-15-5-17(55(43,44)45)11-21(35)27(15)31(29)41)14-2-4-24(20(34)8-14)38-40-30-26(58(52,53)54)10-16-6-18(56(46,47)48)12-22(36)28(16)32(30)42/h1-12,37-38H,35-36H2,(H,43,44,45)(H,46,47,48)(H,49,50,51)(H,52,53,54)/b39-29+,40-30+. The molecular weight excluding hydrogens is 892 g/mol. The van der Waals surface area contributed by atoms with Gasteiger partial charge in [-0.3, -0.25) is 38.7 Å². The second kappa shape index (κ2) is 14.7. The van der Waals surface area contributed by atoms with Gasteiger partial charge in [0, 0.05) is 11.4 Å². The highest BCUT2D eigenvalue weighted by molar-refractivity contribution is 7.91. The minimum Gasteiger partial charge on any atom is -0.398 e. The molecule has 0 saturated heterocycles. The number of hydrogen-bond donors (Lipinski definition) is 8. The number of nitrogens with two attached hydrogens (primary N) is 2. The molecule has 4 aromatic carbocycles. The molecule has 0 aromatic heterocycles. The van der Waals surface area contributed by atoms with E-state index in [1.54, 1.807) is 0 Å². The third-order valence-electron chi connectivity index (χ3n) is 8.27. The zero-order valence-electron chi connectivity index (χ0n) is 28.2. The predicted molar refractivity (Wildman–Crippen MR) is 213 cm³/mol. The van der Waals surface area contributed by atoms with Crippen molar-refractivity contribution in [3.63, 3.8) is 0 Å². The Hall–Kier alpha value is -5.54. The molecular formula is C32H22Cl2N6O14S4. The van der Waals surface area contributed by atoms with Gasteiger partial charge in [0.25, 0.3) is 40.5 Å². The molecule has 0 atom stereocenters. The second-order valence-electron chi connectivity index (χ2n) is 12.1. The number of fused-ring (bicyclic) bond motifs is 2. The molecule has 4 aromatic rings. The Morgan fingerprint density at radius 1 is 0.517 bits per heavy atom. The number of ketones is 2. The molecule has 0 fully saturated rings. The van der Waals surface area contributed by atoms with Crippen LogP contribution in [0, 0.1) is 0 Å². The van der Waals surface area contributed by atoms with Gasteiger partial charge in [-0.05, 0) is 82.9 Å². The fourth-order valence-corrected chi connectivity index (χ4v) is 8.52. The van der Waals surface area contributed by atoms with Crippen LogP contribution in [0.5, 0.6) is 0 Å². The number of hydrazone groups is 2. The molecule has 20 nitrogen and oxygen atoms in total. The van der Waals surface area contributed by atoms with E-state index in [0.717, 1.165) is 36.4 Å². The summed E-state index contributed by atoms with van der Waals surface area (Å²) in [6.45, 7) is 0. The minimum absolute atomic E-state index is 0.0253. The van der Waals surface area contributed by atoms with Crippen molar-refractivity contribution in [1.82, 2.24) is 0 Å². The van der Waals surface area contributed by atoms with Crippen molar-refractivity contribution in [3.8, 4) is 11.1 Å². The summed E-state index contributed by atoms with van der Waals surface area (Å²) in [4.78, 5) is 23.2. The van der Waals surface area contributed by atoms with Gasteiger partial charge in [0.1, 0.15) is 9.81 Å². The van der Waals surface area contributed by atoms with Gasteiger partial charge in [-0.25, -0.2) is 0 Å². The zero-order valence-corrected chi connectivity index (χ0v) is 33.0. The average molecular weight is 914 g/mol. The summed E-state index contributed by atoms with van der Waals surface area (Å²) in [5.41, 5.74) is 13.5. The van der Waals surface area contributed by atoms with Crippen LogP contribution < -0.4 is 22.3 Å². The highest BCUT2D eigenvalue weighted by atomic mass is 35.5. The van der Waals surface area contributed by atoms with E-state index in [4.69, 9.17) is 34.7 Å². The summed E-state index contributed by atoms with van der Waals surface area (Å²) in [5.74, 6) is -2.25. The van der Waals surface area contributed by atoms with Gasteiger partial charge in [-0.2, -0.15) is 43.9 Å². The van der Waals surface area contributed by atoms with E-state index in [9.17, 15) is 61.5 Å². The maximum Gasteiger partial charge on any atom is 0.296 e. The number of rotatable bonds is 9.